The molecule has 0 bridgehead atoms. The summed E-state index contributed by atoms with van der Waals surface area (Å²) < 4.78 is 4.79. The van der Waals surface area contributed by atoms with Gasteiger partial charge in [0.2, 0.25) is 0 Å². The SMILES string of the molecule is CCC(=CCN1CCC(CC)(CC)CC1)C(=O)OC. The monoisotopic (exact) mass is 267 g/mol. The van der Waals surface area contributed by atoms with Gasteiger partial charge in [0.25, 0.3) is 0 Å². The van der Waals surface area contributed by atoms with Crippen molar-refractivity contribution in [2.45, 2.75) is 52.9 Å². The Balaban J connectivity index is 2.49. The summed E-state index contributed by atoms with van der Waals surface area (Å²) in [7, 11) is 1.45. The molecule has 1 aliphatic heterocycles. The zero-order valence-corrected chi connectivity index (χ0v) is 13.0. The number of carbonyl (C=O) groups is 1. The summed E-state index contributed by atoms with van der Waals surface area (Å²) in [5.74, 6) is -0.184. The number of esters is 1. The molecule has 3 heteroatoms. The van der Waals surface area contributed by atoms with Gasteiger partial charge < -0.3 is 4.74 Å². The first-order valence-electron chi connectivity index (χ1n) is 7.60. The summed E-state index contributed by atoms with van der Waals surface area (Å²) in [6.45, 7) is 9.80. The molecule has 1 aliphatic rings. The molecule has 0 N–H and O–H groups in total. The number of carbonyl (C=O) groups excluding carboxylic acids is 1. The van der Waals surface area contributed by atoms with Crippen LogP contribution >= 0.6 is 0 Å². The maximum Gasteiger partial charge on any atom is 0.333 e. The smallest absolute Gasteiger partial charge is 0.333 e. The van der Waals surface area contributed by atoms with Crippen LogP contribution < -0.4 is 0 Å². The molecule has 0 radical (unpaired) electrons. The zero-order chi connectivity index (χ0) is 14.3. The third-order valence-corrected chi connectivity index (χ3v) is 4.84. The van der Waals surface area contributed by atoms with Gasteiger partial charge in [-0.15, -0.1) is 0 Å². The summed E-state index contributed by atoms with van der Waals surface area (Å²) >= 11 is 0. The van der Waals surface area contributed by atoms with Crippen molar-refractivity contribution in [2.75, 3.05) is 26.7 Å². The lowest BCUT2D eigenvalue weighted by atomic mass is 9.74. The van der Waals surface area contributed by atoms with Crippen molar-refractivity contribution in [1.82, 2.24) is 4.90 Å². The predicted octanol–water partition coefficient (Wildman–Crippen LogP) is 3.40. The van der Waals surface area contributed by atoms with Crippen molar-refractivity contribution < 1.29 is 9.53 Å². The number of ether oxygens (including phenoxy) is 1. The molecule has 110 valence electrons. The van der Waals surface area contributed by atoms with Gasteiger partial charge in [-0.3, -0.25) is 4.90 Å². The van der Waals surface area contributed by atoms with Crippen molar-refractivity contribution in [3.8, 4) is 0 Å². The van der Waals surface area contributed by atoms with E-state index in [0.717, 1.165) is 31.6 Å². The second kappa shape index (κ2) is 7.68. The van der Waals surface area contributed by atoms with E-state index < -0.39 is 0 Å². The van der Waals surface area contributed by atoms with E-state index in [1.165, 1.54) is 32.8 Å². The first kappa shape index (κ1) is 16.2. The van der Waals surface area contributed by atoms with Gasteiger partial charge in [-0.25, -0.2) is 4.79 Å². The van der Waals surface area contributed by atoms with Crippen LogP contribution in [0.1, 0.15) is 52.9 Å². The van der Waals surface area contributed by atoms with Gasteiger partial charge in [0, 0.05) is 12.1 Å². The van der Waals surface area contributed by atoms with E-state index in [1.54, 1.807) is 0 Å². The van der Waals surface area contributed by atoms with E-state index in [-0.39, 0.29) is 5.97 Å². The maximum absolute atomic E-state index is 11.5. The average molecular weight is 267 g/mol. The standard InChI is InChI=1S/C16H29NO2/c1-5-14(15(18)19-4)8-11-17-12-9-16(6-2,7-3)10-13-17/h8H,5-7,9-13H2,1-4H3. The minimum absolute atomic E-state index is 0.184. The van der Waals surface area contributed by atoms with Crippen LogP contribution in [0, 0.1) is 5.41 Å². The molecule has 1 saturated heterocycles. The summed E-state index contributed by atoms with van der Waals surface area (Å²) in [6.07, 6.45) is 7.93. The molecule has 0 aromatic carbocycles. The zero-order valence-electron chi connectivity index (χ0n) is 13.0. The lowest BCUT2D eigenvalue weighted by molar-refractivity contribution is -0.136. The Labute approximate surface area is 118 Å². The molecule has 19 heavy (non-hydrogen) atoms. The molecule has 3 nitrogen and oxygen atoms in total. The number of hydrogen-bond acceptors (Lipinski definition) is 3. The van der Waals surface area contributed by atoms with Crippen LogP contribution in [0.4, 0.5) is 0 Å². The van der Waals surface area contributed by atoms with Crippen LogP contribution in [-0.2, 0) is 9.53 Å². The molecule has 0 unspecified atom stereocenters. The van der Waals surface area contributed by atoms with Crippen LogP contribution in [0.25, 0.3) is 0 Å². The first-order chi connectivity index (χ1) is 9.10. The molecule has 0 amide bonds. The van der Waals surface area contributed by atoms with Crippen LogP contribution in [0.15, 0.2) is 11.6 Å². The minimum Gasteiger partial charge on any atom is -0.466 e. The molecule has 0 atom stereocenters. The van der Waals surface area contributed by atoms with E-state index >= 15 is 0 Å². The topological polar surface area (TPSA) is 29.5 Å². The van der Waals surface area contributed by atoms with Crippen molar-refractivity contribution >= 4 is 5.97 Å². The Morgan fingerprint density at radius 2 is 1.79 bits per heavy atom. The number of piperidine rings is 1. The molecular formula is C16H29NO2. The highest BCUT2D eigenvalue weighted by Crippen LogP contribution is 2.37. The Morgan fingerprint density at radius 1 is 1.21 bits per heavy atom. The molecule has 0 aromatic heterocycles. The highest BCUT2D eigenvalue weighted by molar-refractivity contribution is 5.88. The van der Waals surface area contributed by atoms with Crippen LogP contribution in [0.3, 0.4) is 0 Å². The van der Waals surface area contributed by atoms with Gasteiger partial charge in [0.15, 0.2) is 0 Å². The van der Waals surface area contributed by atoms with Crippen LogP contribution in [0.5, 0.6) is 0 Å². The summed E-state index contributed by atoms with van der Waals surface area (Å²) in [4.78, 5) is 13.9. The molecule has 0 saturated carbocycles. The van der Waals surface area contributed by atoms with Crippen molar-refractivity contribution in [1.29, 1.82) is 0 Å². The van der Waals surface area contributed by atoms with Gasteiger partial charge in [0.05, 0.1) is 7.11 Å². The Kier molecular flexibility index (Phi) is 6.56. The van der Waals surface area contributed by atoms with Gasteiger partial charge in [0.1, 0.15) is 0 Å². The maximum atomic E-state index is 11.5. The average Bonchev–Trinajstić information content (AvgIpc) is 2.48. The number of rotatable bonds is 6. The third-order valence-electron chi connectivity index (χ3n) is 4.84. The van der Waals surface area contributed by atoms with Crippen molar-refractivity contribution in [3.63, 3.8) is 0 Å². The van der Waals surface area contributed by atoms with Gasteiger partial charge in [-0.2, -0.15) is 0 Å². The predicted molar refractivity (Wildman–Crippen MR) is 79.1 cm³/mol. The third kappa shape index (κ3) is 4.34. The Bertz CT molecular complexity index is 309. The number of likely N-dealkylation sites (tertiary alicyclic amines) is 1. The van der Waals surface area contributed by atoms with E-state index in [2.05, 4.69) is 18.7 Å². The highest BCUT2D eigenvalue weighted by Gasteiger charge is 2.30. The number of nitrogens with zero attached hydrogens (tertiary/aromatic N) is 1. The summed E-state index contributed by atoms with van der Waals surface area (Å²) in [6, 6.07) is 0. The van der Waals surface area contributed by atoms with Crippen LogP contribution in [0.2, 0.25) is 0 Å². The fraction of sp³-hybridized carbons (Fsp3) is 0.812. The molecule has 0 aliphatic carbocycles. The molecule has 1 rings (SSSR count). The summed E-state index contributed by atoms with van der Waals surface area (Å²) in [5, 5.41) is 0. The highest BCUT2D eigenvalue weighted by atomic mass is 16.5. The molecule has 0 aromatic rings. The van der Waals surface area contributed by atoms with Gasteiger partial charge >= 0.3 is 5.97 Å². The van der Waals surface area contributed by atoms with Crippen LogP contribution in [-0.4, -0.2) is 37.6 Å². The fourth-order valence-corrected chi connectivity index (χ4v) is 2.91. The van der Waals surface area contributed by atoms with E-state index in [0.29, 0.717) is 5.41 Å². The van der Waals surface area contributed by atoms with E-state index in [4.69, 9.17) is 4.74 Å². The Hall–Kier alpha value is -0.830. The second-order valence-electron chi connectivity index (χ2n) is 5.58. The second-order valence-corrected chi connectivity index (χ2v) is 5.58. The fourth-order valence-electron chi connectivity index (χ4n) is 2.91. The number of hydrogen-bond donors (Lipinski definition) is 0. The molecule has 1 heterocycles. The normalized spacial score (nSPS) is 20.3. The van der Waals surface area contributed by atoms with Crippen molar-refractivity contribution in [3.05, 3.63) is 11.6 Å². The Morgan fingerprint density at radius 3 is 2.21 bits per heavy atom. The number of methoxy groups -OCH3 is 1. The lowest BCUT2D eigenvalue weighted by Crippen LogP contribution is -2.39. The molecule has 1 fully saturated rings. The lowest BCUT2D eigenvalue weighted by Gasteiger charge is -2.40. The van der Waals surface area contributed by atoms with E-state index in [1.807, 2.05) is 13.0 Å². The van der Waals surface area contributed by atoms with Gasteiger partial charge in [-0.05, 0) is 37.8 Å². The van der Waals surface area contributed by atoms with Crippen molar-refractivity contribution in [2.24, 2.45) is 5.41 Å². The molecular weight excluding hydrogens is 238 g/mol. The van der Waals surface area contributed by atoms with Gasteiger partial charge in [-0.1, -0.05) is 39.7 Å². The van der Waals surface area contributed by atoms with E-state index in [9.17, 15) is 4.79 Å². The minimum atomic E-state index is -0.184. The summed E-state index contributed by atoms with van der Waals surface area (Å²) in [5.41, 5.74) is 1.36. The largest absolute Gasteiger partial charge is 0.466 e. The quantitative estimate of drug-likeness (QED) is 0.545. The first-order valence-corrected chi connectivity index (χ1v) is 7.60. The molecule has 0 spiro atoms.